The lowest BCUT2D eigenvalue weighted by Gasteiger charge is -2.61. The quantitative estimate of drug-likeness (QED) is 0.0466. The minimum absolute atomic E-state index is 0.0614. The molecule has 458 valence electrons. The van der Waals surface area contributed by atoms with Crippen LogP contribution in [-0.4, -0.2) is 77.0 Å². The molecule has 12 nitrogen and oxygen atoms in total. The molecule has 1 heterocycles. The molecule has 12 fully saturated rings. The second-order valence-corrected chi connectivity index (χ2v) is 32.3. The van der Waals surface area contributed by atoms with E-state index >= 15 is 0 Å². The highest BCUT2D eigenvalue weighted by Gasteiger charge is 2.64. The van der Waals surface area contributed by atoms with E-state index in [4.69, 9.17) is 20.0 Å². The molecule has 6 unspecified atom stereocenters. The molecule has 0 radical (unpaired) electrons. The van der Waals surface area contributed by atoms with Crippen LogP contribution in [-0.2, 0) is 11.4 Å². The molecule has 0 amide bonds. The van der Waals surface area contributed by atoms with Gasteiger partial charge in [0.05, 0.1) is 22.5 Å². The third-order valence-corrected chi connectivity index (χ3v) is 28.6. The van der Waals surface area contributed by atoms with E-state index in [1.807, 2.05) is 32.0 Å². The number of aldehydes is 1. The topological polar surface area (TPSA) is 223 Å². The van der Waals surface area contributed by atoms with Crippen molar-refractivity contribution in [3.8, 4) is 12.3 Å². The van der Waals surface area contributed by atoms with Crippen molar-refractivity contribution in [1.29, 1.82) is 0 Å². The van der Waals surface area contributed by atoms with Crippen molar-refractivity contribution in [2.24, 2.45) is 126 Å². The number of oxime groups is 1. The number of carbonyl (C=O) groups is 1. The minimum atomic E-state index is -0.448. The van der Waals surface area contributed by atoms with Gasteiger partial charge in [-0.15, -0.1) is 11.6 Å². The molecule has 0 aromatic carbocycles. The molecule has 0 bridgehead atoms. The number of nitrogens with zero attached hydrogens (tertiary/aromatic N) is 2. The smallest absolute Gasteiger partial charge is 0.162 e. The Kier molecular flexibility index (Phi) is 18.5. The van der Waals surface area contributed by atoms with Crippen LogP contribution in [0.2, 0.25) is 0 Å². The molecule has 1 aromatic heterocycles. The average molecular weight is 1130 g/mol. The maximum absolute atomic E-state index is 11.6. The Morgan fingerprint density at radius 1 is 0.543 bits per heavy atom. The summed E-state index contributed by atoms with van der Waals surface area (Å²) in [6.45, 7) is 21.0. The zero-order valence-corrected chi connectivity index (χ0v) is 51.9. The summed E-state index contributed by atoms with van der Waals surface area (Å²) in [6, 6.07) is 1.99. The van der Waals surface area contributed by atoms with Crippen molar-refractivity contribution in [3.05, 3.63) is 17.5 Å². The molecule has 12 aliphatic rings. The maximum atomic E-state index is 11.6. The van der Waals surface area contributed by atoms with E-state index < -0.39 is 16.8 Å². The predicted octanol–water partition coefficient (Wildman–Crippen LogP) is 13.4. The lowest BCUT2D eigenvalue weighted by Crippen LogP contribution is -2.55. The molecule has 81 heavy (non-hydrogen) atoms. The van der Waals surface area contributed by atoms with Crippen LogP contribution >= 0.6 is 0 Å². The first kappa shape index (κ1) is 63.1. The van der Waals surface area contributed by atoms with E-state index in [-0.39, 0.29) is 18.6 Å². The van der Waals surface area contributed by atoms with Gasteiger partial charge in [0.1, 0.15) is 19.5 Å². The summed E-state index contributed by atoms with van der Waals surface area (Å²) >= 11 is 0. The highest BCUT2D eigenvalue weighted by atomic mass is 16.5. The van der Waals surface area contributed by atoms with Gasteiger partial charge in [0.15, 0.2) is 5.76 Å². The van der Waals surface area contributed by atoms with Crippen LogP contribution < -0.4 is 5.90 Å². The van der Waals surface area contributed by atoms with Gasteiger partial charge in [-0.2, -0.15) is 0 Å². The highest BCUT2D eigenvalue weighted by molar-refractivity contribution is 5.62. The van der Waals surface area contributed by atoms with Crippen LogP contribution in [0.4, 0.5) is 0 Å². The Balaban J connectivity index is 0.000000140. The molecule has 0 spiro atoms. The van der Waals surface area contributed by atoms with Crippen molar-refractivity contribution >= 4 is 12.5 Å². The van der Waals surface area contributed by atoms with E-state index in [9.17, 15) is 25.2 Å². The largest absolute Gasteiger partial charge is 0.411 e. The third-order valence-electron chi connectivity index (χ3n) is 28.6. The molecule has 13 rings (SSSR count). The summed E-state index contributed by atoms with van der Waals surface area (Å²) in [5.41, 5.74) is 1.99. The molecule has 9 N–H and O–H groups in total. The van der Waals surface area contributed by atoms with Crippen LogP contribution in [0, 0.1) is 128 Å². The van der Waals surface area contributed by atoms with Crippen molar-refractivity contribution in [3.63, 3.8) is 0 Å². The SMILES string of the molecule is C#CCO.C[C@@]1(O)CC[C@@]2(C)C(CC[C@@H]3C2CC[C@]2(C)[C@@H](/C=N/O)CC[C@@H]32)C1.C[C@@]1(O)CC[C@@]2(C)C(CC[C@@H]3C2CC[C@]2(C)[C@@H](C=O)CC[C@@H]32)C1.C[C@@]1(O)CC[C@@]2(C)C(CC[C@@H]3C2CC[C@]2(C)[C@@H](c4cc(CO)on4)CC[C@@H]32)C1.NO. The van der Waals surface area contributed by atoms with Crippen molar-refractivity contribution in [2.75, 3.05) is 6.61 Å². The first-order chi connectivity index (χ1) is 38.3. The van der Waals surface area contributed by atoms with Gasteiger partial charge < -0.3 is 45.3 Å². The fourth-order valence-electron chi connectivity index (χ4n) is 24.0. The predicted molar refractivity (Wildman–Crippen MR) is 317 cm³/mol. The summed E-state index contributed by atoms with van der Waals surface area (Å²) in [4.78, 5) is 11.6. The van der Waals surface area contributed by atoms with Gasteiger partial charge in [0, 0.05) is 30.0 Å². The van der Waals surface area contributed by atoms with Crippen LogP contribution in [0.15, 0.2) is 15.7 Å². The zero-order chi connectivity index (χ0) is 58.8. The molecule has 12 heteroatoms. The summed E-state index contributed by atoms with van der Waals surface area (Å²) in [7, 11) is 0. The molecule has 12 saturated carbocycles. The lowest BCUT2D eigenvalue weighted by molar-refractivity contribution is -0.147. The summed E-state index contributed by atoms with van der Waals surface area (Å²) < 4.78 is 5.34. The Morgan fingerprint density at radius 2 is 0.914 bits per heavy atom. The first-order valence-corrected chi connectivity index (χ1v) is 32.9. The van der Waals surface area contributed by atoms with Crippen molar-refractivity contribution in [1.82, 2.24) is 5.16 Å². The first-order valence-electron chi connectivity index (χ1n) is 32.9. The van der Waals surface area contributed by atoms with E-state index in [0.717, 1.165) is 104 Å². The molecule has 24 atom stereocenters. The lowest BCUT2D eigenvalue weighted by atomic mass is 9.44. The minimum Gasteiger partial charge on any atom is -0.411 e. The van der Waals surface area contributed by atoms with Crippen LogP contribution in [0.1, 0.15) is 253 Å². The molecular formula is C69H113N3O9. The number of terminal acetylenes is 1. The van der Waals surface area contributed by atoms with Gasteiger partial charge in [0.25, 0.3) is 0 Å². The molecule has 0 saturated heterocycles. The number of aromatic nitrogens is 1. The van der Waals surface area contributed by atoms with Crippen LogP contribution in [0.3, 0.4) is 0 Å². The summed E-state index contributed by atoms with van der Waals surface area (Å²) in [6.07, 6.45) is 40.3. The van der Waals surface area contributed by atoms with E-state index in [0.29, 0.717) is 68.3 Å². The number of rotatable bonds is 4. The second-order valence-electron chi connectivity index (χ2n) is 32.3. The number of carbonyl (C=O) groups excluding carboxylic acids is 1. The molecule has 1 aromatic rings. The van der Waals surface area contributed by atoms with E-state index in [1.165, 1.54) is 135 Å². The number of hydrogen-bond donors (Lipinski definition) is 8. The second kappa shape index (κ2) is 23.7. The van der Waals surface area contributed by atoms with Gasteiger partial charge in [-0.1, -0.05) is 52.6 Å². The Labute approximate surface area is 488 Å². The van der Waals surface area contributed by atoms with Gasteiger partial charge in [0.2, 0.25) is 0 Å². The standard InChI is InChI=1S/C24H37NO3.C21H35NO2.C21H34O2.C3H4O.H3NO/c1-22(27)10-11-23(2)15(13-22)4-5-17-18-6-7-20(21-12-16(14-26)28-25-21)24(18,3)9-8-19(17)23;1-19(23)10-11-21(3)14(12-19)4-6-16-17-7-5-15(13-22-24)20(17,2)9-8-18(16)21;1-19(23)10-11-21(3)14(12-19)4-6-16-17-7-5-15(13-22)20(17,2)9-8-18(16)21;1-2-3-4;1-2/h12,15,17-20,26-27H,4-11,13-14H2,1-3H3;13-18,23-24H,4-12H2,1-3H3;13-18,23H,4-12H2,1-3H3;1,4H,3H2;2H,1H2/b;22-13+;;;/t15?,17-,18-,19?,20+,22+,23-,24-;2*14?,15-,16+,17+,18?,19-,20-,21+;;/m011../s1. The van der Waals surface area contributed by atoms with Gasteiger partial charge >= 0.3 is 0 Å². The number of hydrogen-bond acceptors (Lipinski definition) is 12. The molecule has 12 aliphatic carbocycles. The van der Waals surface area contributed by atoms with Crippen LogP contribution in [0.5, 0.6) is 0 Å². The van der Waals surface area contributed by atoms with Gasteiger partial charge in [-0.05, 0) is 298 Å². The number of nitrogens with two attached hydrogens (primary N) is 1. The average Bonchev–Trinajstić information content (AvgIpc) is 4.44. The Morgan fingerprint density at radius 3 is 1.30 bits per heavy atom. The van der Waals surface area contributed by atoms with E-state index in [1.54, 1.807) is 0 Å². The normalized spacial score (nSPS) is 51.6. The van der Waals surface area contributed by atoms with Crippen LogP contribution in [0.25, 0.3) is 0 Å². The van der Waals surface area contributed by atoms with Crippen molar-refractivity contribution in [2.45, 2.75) is 265 Å². The van der Waals surface area contributed by atoms with Gasteiger partial charge in [-0.3, -0.25) is 0 Å². The number of aliphatic hydroxyl groups is 5. The summed E-state index contributed by atoms with van der Waals surface area (Å²) in [5, 5.41) is 72.1. The highest BCUT2D eigenvalue weighted by Crippen LogP contribution is 2.72. The summed E-state index contributed by atoms with van der Waals surface area (Å²) in [5.74, 6) is 16.8. The zero-order valence-electron chi connectivity index (χ0n) is 51.9. The molecular weight excluding hydrogens is 1010 g/mol. The fourth-order valence-corrected chi connectivity index (χ4v) is 24.0. The number of fused-ring (bicyclic) bond motifs is 15. The monoisotopic (exact) mass is 1130 g/mol. The third kappa shape index (κ3) is 11.3. The van der Waals surface area contributed by atoms with Crippen molar-refractivity contribution < 1.29 is 45.3 Å². The number of aliphatic hydroxyl groups excluding tert-OH is 2. The van der Waals surface area contributed by atoms with Gasteiger partial charge in [-0.25, -0.2) is 5.90 Å². The molecule has 0 aliphatic heterocycles. The Bertz CT molecular complexity index is 2380. The Hall–Kier alpha value is -2.37. The fraction of sp³-hybridized carbons (Fsp3) is 0.899. The van der Waals surface area contributed by atoms with E-state index in [2.05, 4.69) is 71.1 Å². The maximum Gasteiger partial charge on any atom is 0.162 e.